The molecule has 0 bridgehead atoms. The number of rotatable bonds is 3. The first-order chi connectivity index (χ1) is 10.0. The first kappa shape index (κ1) is 14.1. The van der Waals surface area contributed by atoms with Crippen LogP contribution in [0.2, 0.25) is 0 Å². The summed E-state index contributed by atoms with van der Waals surface area (Å²) in [6, 6.07) is 7.81. The second-order valence-electron chi connectivity index (χ2n) is 6.86. The minimum Gasteiger partial charge on any atom is -0.398 e. The van der Waals surface area contributed by atoms with Crippen molar-refractivity contribution in [1.82, 2.24) is 10.1 Å². The molecule has 2 aromatic rings. The largest absolute Gasteiger partial charge is 0.398 e. The van der Waals surface area contributed by atoms with Crippen molar-refractivity contribution in [3.63, 3.8) is 0 Å². The lowest BCUT2D eigenvalue weighted by Crippen LogP contribution is -2.20. The van der Waals surface area contributed by atoms with E-state index in [1.54, 1.807) is 0 Å². The zero-order valence-electron chi connectivity index (χ0n) is 12.8. The van der Waals surface area contributed by atoms with Gasteiger partial charge in [0, 0.05) is 11.6 Å². The maximum atomic E-state index is 5.96. The van der Waals surface area contributed by atoms with Gasteiger partial charge in [0.25, 0.3) is 0 Å². The van der Waals surface area contributed by atoms with Crippen LogP contribution in [0.3, 0.4) is 0 Å². The third-order valence-electron chi connectivity index (χ3n) is 4.58. The van der Waals surface area contributed by atoms with Crippen molar-refractivity contribution in [1.29, 1.82) is 0 Å². The van der Waals surface area contributed by atoms with Crippen molar-refractivity contribution < 1.29 is 4.52 Å². The van der Waals surface area contributed by atoms with Gasteiger partial charge in [-0.05, 0) is 42.7 Å². The van der Waals surface area contributed by atoms with Crippen LogP contribution in [0.4, 0.5) is 5.69 Å². The Balaban J connectivity index is 1.68. The van der Waals surface area contributed by atoms with Crippen molar-refractivity contribution in [3.05, 3.63) is 41.5 Å². The van der Waals surface area contributed by atoms with Gasteiger partial charge in [0.2, 0.25) is 5.89 Å². The third kappa shape index (κ3) is 3.26. The maximum absolute atomic E-state index is 5.96. The van der Waals surface area contributed by atoms with Crippen LogP contribution >= 0.6 is 0 Å². The zero-order valence-corrected chi connectivity index (χ0v) is 12.8. The predicted octanol–water partition coefficient (Wildman–Crippen LogP) is 3.93. The first-order valence-electron chi connectivity index (χ1n) is 7.69. The molecule has 0 saturated heterocycles. The van der Waals surface area contributed by atoms with Crippen LogP contribution in [0.1, 0.15) is 62.7 Å². The lowest BCUT2D eigenvalue weighted by Gasteiger charge is -2.32. The fourth-order valence-corrected chi connectivity index (χ4v) is 3.02. The average molecular weight is 285 g/mol. The van der Waals surface area contributed by atoms with Gasteiger partial charge in [0.05, 0.1) is 6.42 Å². The van der Waals surface area contributed by atoms with E-state index in [0.717, 1.165) is 29.9 Å². The lowest BCUT2D eigenvalue weighted by molar-refractivity contribution is 0.218. The Morgan fingerprint density at radius 3 is 2.67 bits per heavy atom. The Morgan fingerprint density at radius 1 is 1.24 bits per heavy atom. The Kier molecular flexibility index (Phi) is 3.70. The monoisotopic (exact) mass is 285 g/mol. The summed E-state index contributed by atoms with van der Waals surface area (Å²) in [6.07, 6.45) is 5.37. The Bertz CT molecular complexity index is 608. The fraction of sp³-hybridized carbons (Fsp3) is 0.529. The highest BCUT2D eigenvalue weighted by Gasteiger charge is 2.30. The van der Waals surface area contributed by atoms with Crippen LogP contribution in [-0.4, -0.2) is 10.1 Å². The van der Waals surface area contributed by atoms with Gasteiger partial charge in [-0.3, -0.25) is 0 Å². The molecule has 112 valence electrons. The second kappa shape index (κ2) is 5.51. The standard InChI is InChI=1S/C17H23N3O/c1-17(2)9-7-12(8-10-17)16-19-15(21-20-16)11-13-5-3-4-6-14(13)18/h3-6,12H,7-11,18H2,1-2H3. The van der Waals surface area contributed by atoms with E-state index >= 15 is 0 Å². The number of para-hydroxylation sites is 1. The number of benzene rings is 1. The predicted molar refractivity (Wildman–Crippen MR) is 82.9 cm³/mol. The van der Waals surface area contributed by atoms with E-state index in [0.29, 0.717) is 23.6 Å². The van der Waals surface area contributed by atoms with Gasteiger partial charge >= 0.3 is 0 Å². The molecule has 0 amide bonds. The molecule has 1 aromatic heterocycles. The molecular weight excluding hydrogens is 262 g/mol. The molecule has 1 aliphatic rings. The minimum absolute atomic E-state index is 0.448. The lowest BCUT2D eigenvalue weighted by atomic mass is 9.73. The second-order valence-corrected chi connectivity index (χ2v) is 6.86. The summed E-state index contributed by atoms with van der Waals surface area (Å²) >= 11 is 0. The Morgan fingerprint density at radius 2 is 1.95 bits per heavy atom. The Hall–Kier alpha value is -1.84. The molecule has 2 N–H and O–H groups in total. The molecule has 1 heterocycles. The summed E-state index contributed by atoms with van der Waals surface area (Å²) in [5.41, 5.74) is 8.23. The van der Waals surface area contributed by atoms with Gasteiger partial charge in [-0.25, -0.2) is 0 Å². The molecule has 0 atom stereocenters. The summed E-state index contributed by atoms with van der Waals surface area (Å²) in [5.74, 6) is 1.98. The highest BCUT2D eigenvalue weighted by atomic mass is 16.5. The molecule has 0 unspecified atom stereocenters. The van der Waals surface area contributed by atoms with Crippen LogP contribution in [0.15, 0.2) is 28.8 Å². The molecule has 0 aliphatic heterocycles. The van der Waals surface area contributed by atoms with E-state index in [-0.39, 0.29) is 0 Å². The third-order valence-corrected chi connectivity index (χ3v) is 4.58. The molecular formula is C17H23N3O. The van der Waals surface area contributed by atoms with Gasteiger partial charge in [-0.15, -0.1) is 0 Å². The zero-order chi connectivity index (χ0) is 14.9. The topological polar surface area (TPSA) is 64.9 Å². The summed E-state index contributed by atoms with van der Waals surface area (Å²) in [6.45, 7) is 4.67. The molecule has 1 aromatic carbocycles. The highest BCUT2D eigenvalue weighted by Crippen LogP contribution is 2.41. The van der Waals surface area contributed by atoms with Gasteiger partial charge < -0.3 is 10.3 Å². The number of anilines is 1. The summed E-state index contributed by atoms with van der Waals surface area (Å²) in [5, 5.41) is 4.19. The molecule has 1 aliphatic carbocycles. The van der Waals surface area contributed by atoms with Crippen molar-refractivity contribution in [3.8, 4) is 0 Å². The molecule has 0 radical (unpaired) electrons. The van der Waals surface area contributed by atoms with E-state index in [1.165, 1.54) is 12.8 Å². The number of nitrogens with two attached hydrogens (primary N) is 1. The number of hydrogen-bond donors (Lipinski definition) is 1. The molecule has 21 heavy (non-hydrogen) atoms. The van der Waals surface area contributed by atoms with Crippen LogP contribution in [0.25, 0.3) is 0 Å². The van der Waals surface area contributed by atoms with Crippen molar-refractivity contribution in [2.24, 2.45) is 5.41 Å². The summed E-state index contributed by atoms with van der Waals surface area (Å²) in [4.78, 5) is 4.58. The number of hydrogen-bond acceptors (Lipinski definition) is 4. The first-order valence-corrected chi connectivity index (χ1v) is 7.69. The van der Waals surface area contributed by atoms with E-state index in [9.17, 15) is 0 Å². The van der Waals surface area contributed by atoms with Crippen LogP contribution < -0.4 is 5.73 Å². The van der Waals surface area contributed by atoms with Crippen LogP contribution in [-0.2, 0) is 6.42 Å². The highest BCUT2D eigenvalue weighted by molar-refractivity contribution is 5.47. The van der Waals surface area contributed by atoms with Gasteiger partial charge in [-0.2, -0.15) is 4.98 Å². The quantitative estimate of drug-likeness (QED) is 0.868. The average Bonchev–Trinajstić information content (AvgIpc) is 2.90. The van der Waals surface area contributed by atoms with E-state index < -0.39 is 0 Å². The van der Waals surface area contributed by atoms with E-state index in [4.69, 9.17) is 10.3 Å². The summed E-state index contributed by atoms with van der Waals surface area (Å²) < 4.78 is 5.41. The summed E-state index contributed by atoms with van der Waals surface area (Å²) in [7, 11) is 0. The number of nitrogen functional groups attached to an aromatic ring is 1. The van der Waals surface area contributed by atoms with E-state index in [1.807, 2.05) is 24.3 Å². The number of nitrogens with zero attached hydrogens (tertiary/aromatic N) is 2. The fourth-order valence-electron chi connectivity index (χ4n) is 3.02. The maximum Gasteiger partial charge on any atom is 0.231 e. The molecule has 4 heteroatoms. The van der Waals surface area contributed by atoms with Crippen molar-refractivity contribution in [2.45, 2.75) is 51.9 Å². The van der Waals surface area contributed by atoms with Crippen LogP contribution in [0, 0.1) is 5.41 Å². The molecule has 1 fully saturated rings. The van der Waals surface area contributed by atoms with Gasteiger partial charge in [-0.1, -0.05) is 37.2 Å². The SMILES string of the molecule is CC1(C)CCC(c2noc(Cc3ccccc3N)n2)CC1. The van der Waals surface area contributed by atoms with Gasteiger partial charge in [0.1, 0.15) is 0 Å². The normalized spacial score (nSPS) is 18.8. The smallest absolute Gasteiger partial charge is 0.231 e. The van der Waals surface area contributed by atoms with Crippen molar-refractivity contribution in [2.75, 3.05) is 5.73 Å². The van der Waals surface area contributed by atoms with Crippen molar-refractivity contribution >= 4 is 5.69 Å². The molecule has 0 spiro atoms. The van der Waals surface area contributed by atoms with E-state index in [2.05, 4.69) is 24.0 Å². The Labute approximate surface area is 125 Å². The molecule has 4 nitrogen and oxygen atoms in total. The molecule has 3 rings (SSSR count). The van der Waals surface area contributed by atoms with Gasteiger partial charge in [0.15, 0.2) is 5.82 Å². The number of aromatic nitrogens is 2. The molecule has 1 saturated carbocycles. The van der Waals surface area contributed by atoms with Crippen LogP contribution in [0.5, 0.6) is 0 Å². The minimum atomic E-state index is 0.448.